The number of hydrogen-bond donors (Lipinski definition) is 4. The zero-order chi connectivity index (χ0) is 35.9. The molecular formula is C41H52N4O5. The number of ether oxygens (including phenoxy) is 1. The van der Waals surface area contributed by atoms with Gasteiger partial charge in [0.15, 0.2) is 5.82 Å². The molecule has 4 rings (SSSR count). The summed E-state index contributed by atoms with van der Waals surface area (Å²) in [4.78, 5) is 33.4. The average Bonchev–Trinajstić information content (AvgIpc) is 3.11. The number of rotatable bonds is 19. The monoisotopic (exact) mass is 680 g/mol. The van der Waals surface area contributed by atoms with Crippen LogP contribution < -0.4 is 15.4 Å². The van der Waals surface area contributed by atoms with Gasteiger partial charge in [-0.2, -0.15) is 0 Å². The third kappa shape index (κ3) is 12.1. The Morgan fingerprint density at radius 3 is 2.06 bits per heavy atom. The van der Waals surface area contributed by atoms with Crippen molar-refractivity contribution in [2.24, 2.45) is 0 Å². The van der Waals surface area contributed by atoms with Crippen LogP contribution in [-0.4, -0.2) is 51.3 Å². The van der Waals surface area contributed by atoms with E-state index in [2.05, 4.69) is 48.3 Å². The van der Waals surface area contributed by atoms with E-state index >= 15 is 0 Å². The lowest BCUT2D eigenvalue weighted by molar-refractivity contribution is -0.137. The average molecular weight is 681 g/mol. The highest BCUT2D eigenvalue weighted by atomic mass is 16.5. The van der Waals surface area contributed by atoms with Crippen LogP contribution in [0.25, 0.3) is 22.5 Å². The van der Waals surface area contributed by atoms with E-state index in [1.165, 1.54) is 25.7 Å². The molecule has 1 heterocycles. The Kier molecular flexibility index (Phi) is 14.5. The maximum atomic E-state index is 13.2. The molecule has 0 aliphatic heterocycles. The van der Waals surface area contributed by atoms with E-state index in [0.717, 1.165) is 46.6 Å². The van der Waals surface area contributed by atoms with E-state index in [0.29, 0.717) is 24.2 Å². The van der Waals surface area contributed by atoms with E-state index in [9.17, 15) is 14.7 Å². The SMILES string of the molecule is CCCCCCCOc1ccc(-c2cnc(-c3ccc(C[C@H](NC(O)c4ccc(C(C)(C)C)cc4)C(=O)NCCCC(=O)O)cc3)nc2)cc1. The van der Waals surface area contributed by atoms with Crippen LogP contribution >= 0.6 is 0 Å². The molecule has 4 aromatic rings. The molecule has 9 nitrogen and oxygen atoms in total. The minimum Gasteiger partial charge on any atom is -0.494 e. The first-order chi connectivity index (χ1) is 24.0. The van der Waals surface area contributed by atoms with Crippen molar-refractivity contribution in [1.29, 1.82) is 0 Å². The largest absolute Gasteiger partial charge is 0.494 e. The molecule has 0 radical (unpaired) electrons. The summed E-state index contributed by atoms with van der Waals surface area (Å²) in [5.41, 5.74) is 5.40. The number of aliphatic hydroxyl groups excluding tert-OH is 1. The van der Waals surface area contributed by atoms with Crippen molar-refractivity contribution < 1.29 is 24.5 Å². The van der Waals surface area contributed by atoms with Crippen LogP contribution in [0.3, 0.4) is 0 Å². The molecule has 3 aromatic carbocycles. The number of hydrogen-bond acceptors (Lipinski definition) is 7. The molecule has 266 valence electrons. The molecule has 2 atom stereocenters. The van der Waals surface area contributed by atoms with Crippen molar-refractivity contribution in [1.82, 2.24) is 20.6 Å². The minimum atomic E-state index is -1.07. The molecule has 0 spiro atoms. The molecule has 0 saturated carbocycles. The van der Waals surface area contributed by atoms with Crippen LogP contribution in [0, 0.1) is 0 Å². The summed E-state index contributed by atoms with van der Waals surface area (Å²) in [7, 11) is 0. The number of amides is 1. The number of unbranched alkanes of at least 4 members (excludes halogenated alkanes) is 4. The van der Waals surface area contributed by atoms with Crippen molar-refractivity contribution in [2.45, 2.75) is 96.7 Å². The highest BCUT2D eigenvalue weighted by Crippen LogP contribution is 2.25. The molecular weight excluding hydrogens is 628 g/mol. The summed E-state index contributed by atoms with van der Waals surface area (Å²) >= 11 is 0. The number of carbonyl (C=O) groups is 2. The standard InChI is InChI=1S/C41H52N4O5/c1-5-6-7-8-9-25-50-35-22-18-30(19-23-35)33-27-43-38(44-28-33)31-14-12-29(13-15-31)26-36(40(49)42-24-10-11-37(46)47)45-39(48)32-16-20-34(21-17-32)41(2,3)4/h12-23,27-28,36,39,45,48H,5-11,24-26H2,1-4H3,(H,42,49)(H,46,47)/t36-,39?/m0/s1. The molecule has 50 heavy (non-hydrogen) atoms. The number of aliphatic carboxylic acids is 1. The normalized spacial score (nSPS) is 12.7. The molecule has 1 aromatic heterocycles. The number of carbonyl (C=O) groups excluding carboxylic acids is 1. The molecule has 0 aliphatic carbocycles. The Balaban J connectivity index is 1.38. The van der Waals surface area contributed by atoms with Gasteiger partial charge in [0.05, 0.1) is 12.6 Å². The van der Waals surface area contributed by atoms with Crippen molar-refractivity contribution >= 4 is 11.9 Å². The third-order valence-corrected chi connectivity index (χ3v) is 8.64. The first-order valence-electron chi connectivity index (χ1n) is 17.7. The Bertz CT molecular complexity index is 1620. The Morgan fingerprint density at radius 2 is 1.44 bits per heavy atom. The third-order valence-electron chi connectivity index (χ3n) is 8.64. The van der Waals surface area contributed by atoms with Gasteiger partial charge >= 0.3 is 5.97 Å². The Morgan fingerprint density at radius 1 is 0.800 bits per heavy atom. The van der Waals surface area contributed by atoms with Crippen LogP contribution in [-0.2, 0) is 21.4 Å². The molecule has 1 amide bonds. The number of aromatic nitrogens is 2. The highest BCUT2D eigenvalue weighted by molar-refractivity contribution is 5.82. The van der Waals surface area contributed by atoms with Crippen molar-refractivity contribution in [3.05, 3.63) is 102 Å². The van der Waals surface area contributed by atoms with Gasteiger partial charge in [0.25, 0.3) is 0 Å². The Labute approximate surface area is 296 Å². The fourth-order valence-electron chi connectivity index (χ4n) is 5.54. The molecule has 0 fully saturated rings. The van der Waals surface area contributed by atoms with Crippen molar-refractivity contribution in [3.8, 4) is 28.3 Å². The molecule has 0 saturated heterocycles. The van der Waals surface area contributed by atoms with Gasteiger partial charge in [-0.25, -0.2) is 9.97 Å². The lowest BCUT2D eigenvalue weighted by atomic mass is 9.86. The minimum absolute atomic E-state index is 0.0246. The lowest BCUT2D eigenvalue weighted by Gasteiger charge is -2.24. The van der Waals surface area contributed by atoms with Gasteiger partial charge in [0, 0.05) is 36.5 Å². The second-order valence-electron chi connectivity index (χ2n) is 13.8. The van der Waals surface area contributed by atoms with Gasteiger partial charge in [0.2, 0.25) is 5.91 Å². The van der Waals surface area contributed by atoms with Crippen LogP contribution in [0.2, 0.25) is 0 Å². The van der Waals surface area contributed by atoms with Crippen molar-refractivity contribution in [3.63, 3.8) is 0 Å². The summed E-state index contributed by atoms with van der Waals surface area (Å²) in [6.45, 7) is 9.55. The zero-order valence-electron chi connectivity index (χ0n) is 29.8. The van der Waals surface area contributed by atoms with Crippen LogP contribution in [0.15, 0.2) is 85.2 Å². The van der Waals surface area contributed by atoms with E-state index < -0.39 is 18.2 Å². The summed E-state index contributed by atoms with van der Waals surface area (Å²) in [6.07, 6.45) is 9.17. The van der Waals surface area contributed by atoms with E-state index in [1.54, 1.807) is 0 Å². The maximum absolute atomic E-state index is 13.2. The van der Waals surface area contributed by atoms with E-state index in [-0.39, 0.29) is 24.3 Å². The second kappa shape index (κ2) is 19.0. The summed E-state index contributed by atoms with van der Waals surface area (Å²) in [5, 5.41) is 25.9. The first-order valence-corrected chi connectivity index (χ1v) is 17.7. The van der Waals surface area contributed by atoms with Crippen LogP contribution in [0.5, 0.6) is 5.75 Å². The molecule has 4 N–H and O–H groups in total. The summed E-state index contributed by atoms with van der Waals surface area (Å²) in [6, 6.07) is 22.6. The van der Waals surface area contributed by atoms with E-state index in [1.807, 2.05) is 85.2 Å². The molecule has 1 unspecified atom stereocenters. The lowest BCUT2D eigenvalue weighted by Crippen LogP contribution is -2.47. The molecule has 0 bridgehead atoms. The Hall–Kier alpha value is -4.60. The summed E-state index contributed by atoms with van der Waals surface area (Å²) < 4.78 is 5.89. The molecule has 9 heteroatoms. The number of benzene rings is 3. The highest BCUT2D eigenvalue weighted by Gasteiger charge is 2.23. The smallest absolute Gasteiger partial charge is 0.303 e. The number of carboxylic acid groups (broad SMARTS) is 1. The zero-order valence-corrected chi connectivity index (χ0v) is 29.8. The fraction of sp³-hybridized carbons (Fsp3) is 0.415. The molecule has 0 aliphatic rings. The van der Waals surface area contributed by atoms with E-state index in [4.69, 9.17) is 9.84 Å². The predicted molar refractivity (Wildman–Crippen MR) is 198 cm³/mol. The quantitative estimate of drug-likeness (QED) is 0.0587. The van der Waals surface area contributed by atoms with Gasteiger partial charge in [-0.15, -0.1) is 0 Å². The number of carboxylic acids is 1. The first kappa shape index (κ1) is 38.2. The topological polar surface area (TPSA) is 134 Å². The van der Waals surface area contributed by atoms with Gasteiger partial charge < -0.3 is 20.3 Å². The van der Waals surface area contributed by atoms with Gasteiger partial charge in [-0.1, -0.05) is 114 Å². The van der Waals surface area contributed by atoms with Gasteiger partial charge in [-0.3, -0.25) is 14.9 Å². The van der Waals surface area contributed by atoms with Crippen LogP contribution in [0.4, 0.5) is 0 Å². The summed E-state index contributed by atoms with van der Waals surface area (Å²) in [5.74, 6) is 0.220. The second-order valence-corrected chi connectivity index (χ2v) is 13.8. The van der Waals surface area contributed by atoms with Crippen molar-refractivity contribution in [2.75, 3.05) is 13.2 Å². The van der Waals surface area contributed by atoms with Crippen LogP contribution in [0.1, 0.15) is 95.6 Å². The predicted octanol–water partition coefficient (Wildman–Crippen LogP) is 7.63. The number of nitrogens with zero attached hydrogens (tertiary/aromatic N) is 2. The number of aliphatic hydroxyl groups is 1. The fourth-order valence-corrected chi connectivity index (χ4v) is 5.54. The van der Waals surface area contributed by atoms with Gasteiger partial charge in [0.1, 0.15) is 12.0 Å². The van der Waals surface area contributed by atoms with Gasteiger partial charge in [-0.05, 0) is 59.1 Å². The number of nitrogens with one attached hydrogen (secondary N) is 2. The maximum Gasteiger partial charge on any atom is 0.303 e.